The van der Waals surface area contributed by atoms with Gasteiger partial charge in [0.2, 0.25) is 0 Å². The largest absolute Gasteiger partial charge is 0.490 e. The molecule has 1 unspecified atom stereocenters. The molecule has 0 saturated carbocycles. The molecule has 0 saturated heterocycles. The third-order valence-electron chi connectivity index (χ3n) is 3.26. The molecule has 0 bridgehead atoms. The maximum absolute atomic E-state index is 10.5. The molecule has 4 nitrogen and oxygen atoms in total. The Morgan fingerprint density at radius 2 is 1.81 bits per heavy atom. The number of aliphatic hydroxyl groups is 1. The van der Waals surface area contributed by atoms with Gasteiger partial charge in [-0.2, -0.15) is 0 Å². The molecule has 112 valence electrons. The van der Waals surface area contributed by atoms with Crippen molar-refractivity contribution in [2.45, 2.75) is 26.9 Å². The zero-order chi connectivity index (χ0) is 15.2. The second-order valence-electron chi connectivity index (χ2n) is 4.71. The van der Waals surface area contributed by atoms with Gasteiger partial charge in [-0.15, -0.1) is 0 Å². The number of hydrogen-bond acceptors (Lipinski definition) is 4. The Morgan fingerprint density at radius 1 is 1.10 bits per heavy atom. The normalized spacial score (nSPS) is 12.0. The number of hydrogen-bond donors (Lipinski definition) is 1. The molecule has 1 aromatic carbocycles. The van der Waals surface area contributed by atoms with Gasteiger partial charge in [-0.25, -0.2) is 0 Å². The van der Waals surface area contributed by atoms with Gasteiger partial charge in [0, 0.05) is 18.0 Å². The molecular formula is C17H21NO3. The van der Waals surface area contributed by atoms with Crippen LogP contribution in [0.5, 0.6) is 11.5 Å². The van der Waals surface area contributed by atoms with Gasteiger partial charge < -0.3 is 14.6 Å². The number of aliphatic hydroxyl groups excluding tert-OH is 1. The van der Waals surface area contributed by atoms with Gasteiger partial charge >= 0.3 is 0 Å². The van der Waals surface area contributed by atoms with E-state index in [1.54, 1.807) is 12.4 Å². The van der Waals surface area contributed by atoms with E-state index in [4.69, 9.17) is 9.47 Å². The predicted octanol–water partition coefficient (Wildman–Crippen LogP) is 3.27. The number of aryl methyl sites for hydroxylation is 1. The number of aromatic nitrogens is 1. The monoisotopic (exact) mass is 287 g/mol. The Kier molecular flexibility index (Phi) is 5.17. The first-order chi connectivity index (χ1) is 10.2. The highest BCUT2D eigenvalue weighted by Crippen LogP contribution is 2.33. The molecule has 4 heteroatoms. The molecule has 0 aliphatic carbocycles. The van der Waals surface area contributed by atoms with Crippen molar-refractivity contribution in [1.82, 2.24) is 4.98 Å². The van der Waals surface area contributed by atoms with E-state index in [-0.39, 0.29) is 0 Å². The van der Waals surface area contributed by atoms with Gasteiger partial charge in [-0.3, -0.25) is 4.98 Å². The topological polar surface area (TPSA) is 51.6 Å². The van der Waals surface area contributed by atoms with Gasteiger partial charge in [0.15, 0.2) is 11.5 Å². The number of pyridine rings is 1. The van der Waals surface area contributed by atoms with Crippen LogP contribution in [-0.4, -0.2) is 23.3 Å². The van der Waals surface area contributed by atoms with E-state index >= 15 is 0 Å². The first-order valence-electron chi connectivity index (χ1n) is 7.15. The van der Waals surface area contributed by atoms with Gasteiger partial charge in [-0.1, -0.05) is 6.07 Å². The minimum Gasteiger partial charge on any atom is -0.490 e. The van der Waals surface area contributed by atoms with Gasteiger partial charge in [0.25, 0.3) is 0 Å². The number of benzene rings is 1. The Labute approximate surface area is 125 Å². The lowest BCUT2D eigenvalue weighted by Gasteiger charge is -2.17. The lowest BCUT2D eigenvalue weighted by atomic mass is 9.99. The van der Waals surface area contributed by atoms with Crippen LogP contribution in [0.15, 0.2) is 36.7 Å². The maximum Gasteiger partial charge on any atom is 0.161 e. The molecule has 0 amide bonds. The average Bonchev–Trinajstić information content (AvgIpc) is 2.49. The zero-order valence-corrected chi connectivity index (χ0v) is 12.7. The van der Waals surface area contributed by atoms with Crippen molar-refractivity contribution in [2.24, 2.45) is 0 Å². The molecule has 1 atom stereocenters. The number of ether oxygens (including phenoxy) is 2. The second kappa shape index (κ2) is 7.09. The van der Waals surface area contributed by atoms with Crippen LogP contribution in [0.3, 0.4) is 0 Å². The molecule has 0 spiro atoms. The summed E-state index contributed by atoms with van der Waals surface area (Å²) in [5.74, 6) is 1.34. The van der Waals surface area contributed by atoms with Gasteiger partial charge in [0.05, 0.1) is 13.2 Å². The van der Waals surface area contributed by atoms with E-state index in [9.17, 15) is 5.11 Å². The summed E-state index contributed by atoms with van der Waals surface area (Å²) in [6, 6.07) is 7.39. The Hall–Kier alpha value is -2.07. The molecule has 0 aliphatic rings. The zero-order valence-electron chi connectivity index (χ0n) is 12.7. The van der Waals surface area contributed by atoms with Gasteiger partial charge in [-0.05, 0) is 50.1 Å². The van der Waals surface area contributed by atoms with Crippen molar-refractivity contribution in [2.75, 3.05) is 13.2 Å². The average molecular weight is 287 g/mol. The molecule has 2 rings (SSSR count). The second-order valence-corrected chi connectivity index (χ2v) is 4.71. The van der Waals surface area contributed by atoms with Crippen molar-refractivity contribution < 1.29 is 14.6 Å². The molecule has 1 heterocycles. The fraction of sp³-hybridized carbons (Fsp3) is 0.353. The summed E-state index contributed by atoms with van der Waals surface area (Å²) in [5, 5.41) is 10.5. The quantitative estimate of drug-likeness (QED) is 0.886. The maximum atomic E-state index is 10.5. The van der Waals surface area contributed by atoms with Crippen molar-refractivity contribution in [3.8, 4) is 11.5 Å². The summed E-state index contributed by atoms with van der Waals surface area (Å²) >= 11 is 0. The minimum atomic E-state index is -0.728. The Balaban J connectivity index is 2.35. The number of rotatable bonds is 6. The van der Waals surface area contributed by atoms with Gasteiger partial charge in [0.1, 0.15) is 6.10 Å². The minimum absolute atomic E-state index is 0.547. The van der Waals surface area contributed by atoms with E-state index in [2.05, 4.69) is 4.98 Å². The van der Waals surface area contributed by atoms with E-state index < -0.39 is 6.10 Å². The SMILES string of the molecule is CCOc1ccc(C(O)c2cnccc2C)cc1OCC. The van der Waals surface area contributed by atoms with E-state index in [0.29, 0.717) is 24.7 Å². The fourth-order valence-corrected chi connectivity index (χ4v) is 2.18. The summed E-state index contributed by atoms with van der Waals surface area (Å²) in [5.41, 5.74) is 2.56. The van der Waals surface area contributed by atoms with E-state index in [1.807, 2.05) is 45.0 Å². The molecule has 1 aromatic heterocycles. The summed E-state index contributed by atoms with van der Waals surface area (Å²) in [4.78, 5) is 4.08. The first kappa shape index (κ1) is 15.3. The molecule has 0 fully saturated rings. The summed E-state index contributed by atoms with van der Waals surface area (Å²) in [6.45, 7) is 6.93. The van der Waals surface area contributed by atoms with Crippen molar-refractivity contribution in [3.63, 3.8) is 0 Å². The molecule has 0 aliphatic heterocycles. The lowest BCUT2D eigenvalue weighted by Crippen LogP contribution is -2.05. The summed E-state index contributed by atoms with van der Waals surface area (Å²) in [6.07, 6.45) is 2.68. The highest BCUT2D eigenvalue weighted by Gasteiger charge is 2.16. The molecule has 2 aromatic rings. The Morgan fingerprint density at radius 3 is 2.48 bits per heavy atom. The van der Waals surface area contributed by atoms with Crippen LogP contribution < -0.4 is 9.47 Å². The third kappa shape index (κ3) is 3.52. The summed E-state index contributed by atoms with van der Waals surface area (Å²) in [7, 11) is 0. The van der Waals surface area contributed by atoms with Crippen molar-refractivity contribution in [1.29, 1.82) is 0 Å². The molecular weight excluding hydrogens is 266 g/mol. The fourth-order valence-electron chi connectivity index (χ4n) is 2.18. The summed E-state index contributed by atoms with van der Waals surface area (Å²) < 4.78 is 11.1. The standard InChI is InChI=1S/C17H21NO3/c1-4-20-15-7-6-13(10-16(15)21-5-2)17(19)14-11-18-9-8-12(14)3/h6-11,17,19H,4-5H2,1-3H3. The number of nitrogens with zero attached hydrogens (tertiary/aromatic N) is 1. The first-order valence-corrected chi connectivity index (χ1v) is 7.15. The lowest BCUT2D eigenvalue weighted by molar-refractivity contribution is 0.217. The third-order valence-corrected chi connectivity index (χ3v) is 3.26. The molecule has 21 heavy (non-hydrogen) atoms. The van der Waals surface area contributed by atoms with Crippen LogP contribution in [0.4, 0.5) is 0 Å². The van der Waals surface area contributed by atoms with Crippen LogP contribution in [0, 0.1) is 6.92 Å². The van der Waals surface area contributed by atoms with Crippen LogP contribution in [0.2, 0.25) is 0 Å². The smallest absolute Gasteiger partial charge is 0.161 e. The van der Waals surface area contributed by atoms with E-state index in [0.717, 1.165) is 16.7 Å². The highest BCUT2D eigenvalue weighted by atomic mass is 16.5. The van der Waals surface area contributed by atoms with E-state index in [1.165, 1.54) is 0 Å². The highest BCUT2D eigenvalue weighted by molar-refractivity contribution is 5.45. The van der Waals surface area contributed by atoms with Crippen molar-refractivity contribution in [3.05, 3.63) is 53.3 Å². The molecule has 0 radical (unpaired) electrons. The van der Waals surface area contributed by atoms with Crippen molar-refractivity contribution >= 4 is 0 Å². The Bertz CT molecular complexity index is 598. The molecule has 1 N–H and O–H groups in total. The van der Waals surface area contributed by atoms with Crippen LogP contribution in [0.25, 0.3) is 0 Å². The van der Waals surface area contributed by atoms with Crippen LogP contribution in [-0.2, 0) is 0 Å². The predicted molar refractivity (Wildman–Crippen MR) is 81.8 cm³/mol. The van der Waals surface area contributed by atoms with Crippen LogP contribution >= 0.6 is 0 Å². The van der Waals surface area contributed by atoms with Crippen LogP contribution in [0.1, 0.15) is 36.6 Å².